The number of benzene rings is 1. The van der Waals surface area contributed by atoms with E-state index >= 15 is 0 Å². The van der Waals surface area contributed by atoms with Crippen LogP contribution in [-0.4, -0.2) is 31.7 Å². The van der Waals surface area contributed by atoms with Crippen LogP contribution in [0.2, 0.25) is 5.02 Å². The van der Waals surface area contributed by atoms with Crippen molar-refractivity contribution >= 4 is 17.5 Å². The van der Waals surface area contributed by atoms with Crippen LogP contribution in [0.1, 0.15) is 48.6 Å². The van der Waals surface area contributed by atoms with Crippen LogP contribution in [-0.2, 0) is 6.54 Å². The van der Waals surface area contributed by atoms with Gasteiger partial charge < -0.3 is 10.3 Å². The van der Waals surface area contributed by atoms with Crippen LogP contribution in [0.25, 0.3) is 11.3 Å². The van der Waals surface area contributed by atoms with Crippen molar-refractivity contribution in [3.8, 4) is 17.3 Å². The molecule has 0 saturated carbocycles. The van der Waals surface area contributed by atoms with Crippen LogP contribution in [0.15, 0.2) is 36.7 Å². The summed E-state index contributed by atoms with van der Waals surface area (Å²) in [7, 11) is 0. The maximum absolute atomic E-state index is 12.4. The van der Waals surface area contributed by atoms with Gasteiger partial charge in [0, 0.05) is 23.7 Å². The number of nitrogens with zero attached hydrogens (tertiary/aromatic N) is 4. The highest BCUT2D eigenvalue weighted by atomic mass is 35.5. The largest absolute Gasteiger partial charge is 0.346 e. The standard InChI is InChI=1S/C20H21ClN6O/c1-12(2)19-23-10-18(25-19)20(28)24-13(3)11-27-7-6-17(26-27)14-4-5-15(9-22)16(21)8-14/h4-8,10,12-13H,11H2,1-3H3,(H,23,25)(H,24,28)/t13-/m0/s1. The van der Waals surface area contributed by atoms with Gasteiger partial charge in [0.2, 0.25) is 0 Å². The Balaban J connectivity index is 1.63. The van der Waals surface area contributed by atoms with Gasteiger partial charge in [-0.05, 0) is 25.1 Å². The predicted molar refractivity (Wildman–Crippen MR) is 107 cm³/mol. The number of halogens is 1. The lowest BCUT2D eigenvalue weighted by Gasteiger charge is -2.13. The number of aromatic amines is 1. The second-order valence-corrected chi connectivity index (χ2v) is 7.35. The van der Waals surface area contributed by atoms with E-state index in [1.54, 1.807) is 23.0 Å². The average molecular weight is 397 g/mol. The van der Waals surface area contributed by atoms with Crippen molar-refractivity contribution in [1.82, 2.24) is 25.1 Å². The van der Waals surface area contributed by atoms with Gasteiger partial charge in [0.05, 0.1) is 29.0 Å². The normalized spacial score (nSPS) is 12.0. The maximum Gasteiger partial charge on any atom is 0.269 e. The molecule has 3 aromatic rings. The molecule has 2 aromatic heterocycles. The molecule has 0 aliphatic carbocycles. The van der Waals surface area contributed by atoms with Crippen LogP contribution in [0.4, 0.5) is 0 Å². The van der Waals surface area contributed by atoms with Gasteiger partial charge in [-0.3, -0.25) is 9.48 Å². The molecule has 0 saturated heterocycles. The van der Waals surface area contributed by atoms with Gasteiger partial charge >= 0.3 is 0 Å². The topological polar surface area (TPSA) is 99.4 Å². The summed E-state index contributed by atoms with van der Waals surface area (Å²) in [5, 5.41) is 16.8. The summed E-state index contributed by atoms with van der Waals surface area (Å²) in [5.41, 5.74) is 2.46. The van der Waals surface area contributed by atoms with Crippen molar-refractivity contribution in [3.63, 3.8) is 0 Å². The molecule has 0 radical (unpaired) electrons. The van der Waals surface area contributed by atoms with Gasteiger partial charge in [-0.1, -0.05) is 31.5 Å². The Bertz CT molecular complexity index is 1030. The SMILES string of the molecule is CC(C)c1ncc(C(=O)N[C@@H](C)Cn2ccc(-c3ccc(C#N)c(Cl)c3)n2)[nH]1. The summed E-state index contributed by atoms with van der Waals surface area (Å²) in [6.45, 7) is 6.46. The van der Waals surface area contributed by atoms with Crippen molar-refractivity contribution in [1.29, 1.82) is 5.26 Å². The summed E-state index contributed by atoms with van der Waals surface area (Å²) in [6, 6.07) is 8.99. The fraction of sp³-hybridized carbons (Fsp3) is 0.300. The van der Waals surface area contributed by atoms with Crippen molar-refractivity contribution in [2.24, 2.45) is 0 Å². The Morgan fingerprint density at radius 2 is 2.14 bits per heavy atom. The molecular weight excluding hydrogens is 376 g/mol. The van der Waals surface area contributed by atoms with E-state index in [1.807, 2.05) is 45.2 Å². The lowest BCUT2D eigenvalue weighted by molar-refractivity contribution is 0.0931. The number of amides is 1. The number of imidazole rings is 1. The highest BCUT2D eigenvalue weighted by Gasteiger charge is 2.15. The Hall–Kier alpha value is -3.11. The Kier molecular flexibility index (Phi) is 5.81. The maximum atomic E-state index is 12.4. The second-order valence-electron chi connectivity index (χ2n) is 6.94. The Labute approximate surface area is 168 Å². The van der Waals surface area contributed by atoms with Crippen LogP contribution in [0.5, 0.6) is 0 Å². The highest BCUT2D eigenvalue weighted by molar-refractivity contribution is 6.32. The Morgan fingerprint density at radius 3 is 2.79 bits per heavy atom. The zero-order valence-electron chi connectivity index (χ0n) is 15.9. The summed E-state index contributed by atoms with van der Waals surface area (Å²) < 4.78 is 1.76. The molecule has 0 aliphatic rings. The van der Waals surface area contributed by atoms with Gasteiger partial charge in [-0.25, -0.2) is 4.98 Å². The van der Waals surface area contributed by atoms with Gasteiger partial charge in [0.15, 0.2) is 0 Å². The molecule has 7 nitrogen and oxygen atoms in total. The third-order valence-electron chi connectivity index (χ3n) is 4.25. The van der Waals surface area contributed by atoms with Crippen LogP contribution in [0.3, 0.4) is 0 Å². The number of hydrogen-bond donors (Lipinski definition) is 2. The van der Waals surface area contributed by atoms with Crippen molar-refractivity contribution in [2.45, 2.75) is 39.3 Å². The highest BCUT2D eigenvalue weighted by Crippen LogP contribution is 2.24. The lowest BCUT2D eigenvalue weighted by Crippen LogP contribution is -2.36. The number of hydrogen-bond acceptors (Lipinski definition) is 4. The molecule has 1 aromatic carbocycles. The zero-order valence-corrected chi connectivity index (χ0v) is 16.7. The molecule has 8 heteroatoms. The van der Waals surface area contributed by atoms with Crippen LogP contribution in [0, 0.1) is 11.3 Å². The summed E-state index contributed by atoms with van der Waals surface area (Å²) in [4.78, 5) is 19.6. The van der Waals surface area contributed by atoms with Crippen molar-refractivity contribution in [3.05, 3.63) is 58.8 Å². The summed E-state index contributed by atoms with van der Waals surface area (Å²) in [5.74, 6) is 0.825. The van der Waals surface area contributed by atoms with Crippen LogP contribution >= 0.6 is 11.6 Å². The monoisotopic (exact) mass is 396 g/mol. The predicted octanol–water partition coefficient (Wildman–Crippen LogP) is 3.74. The van der Waals surface area contributed by atoms with Crippen molar-refractivity contribution in [2.75, 3.05) is 0 Å². The molecule has 1 amide bonds. The molecule has 0 aliphatic heterocycles. The van der Waals surface area contributed by atoms with E-state index in [2.05, 4.69) is 20.4 Å². The molecule has 1 atom stereocenters. The third kappa shape index (κ3) is 4.41. The molecule has 28 heavy (non-hydrogen) atoms. The second kappa shape index (κ2) is 8.28. The molecule has 0 unspecified atom stereocenters. The first-order chi connectivity index (χ1) is 13.4. The van der Waals surface area contributed by atoms with E-state index in [4.69, 9.17) is 16.9 Å². The molecule has 2 heterocycles. The number of carbonyl (C=O) groups is 1. The van der Waals surface area contributed by atoms with E-state index < -0.39 is 0 Å². The number of nitriles is 1. The third-order valence-corrected chi connectivity index (χ3v) is 4.56. The van der Waals surface area contributed by atoms with E-state index in [9.17, 15) is 4.79 Å². The quantitative estimate of drug-likeness (QED) is 0.662. The van der Waals surface area contributed by atoms with Gasteiger partial charge in [-0.15, -0.1) is 0 Å². The molecule has 0 fully saturated rings. The minimum Gasteiger partial charge on any atom is -0.346 e. The molecule has 0 spiro atoms. The fourth-order valence-electron chi connectivity index (χ4n) is 2.76. The van der Waals surface area contributed by atoms with E-state index in [-0.39, 0.29) is 17.9 Å². The number of H-pyrrole nitrogens is 1. The summed E-state index contributed by atoms with van der Waals surface area (Å²) >= 11 is 6.09. The number of rotatable bonds is 6. The smallest absolute Gasteiger partial charge is 0.269 e. The number of carbonyl (C=O) groups excluding carboxylic acids is 1. The van der Waals surface area contributed by atoms with E-state index in [1.165, 1.54) is 0 Å². The molecule has 2 N–H and O–H groups in total. The first-order valence-electron chi connectivity index (χ1n) is 8.96. The van der Waals surface area contributed by atoms with Crippen LogP contribution < -0.4 is 5.32 Å². The molecular formula is C20H21ClN6O. The minimum atomic E-state index is -0.196. The number of aromatic nitrogens is 4. The minimum absolute atomic E-state index is 0.129. The van der Waals surface area contributed by atoms with E-state index in [0.717, 1.165) is 17.1 Å². The fourth-order valence-corrected chi connectivity index (χ4v) is 2.98. The first-order valence-corrected chi connectivity index (χ1v) is 9.34. The van der Waals surface area contributed by atoms with Gasteiger partial charge in [0.25, 0.3) is 5.91 Å². The molecule has 144 valence electrons. The molecule has 0 bridgehead atoms. The first kappa shape index (κ1) is 19.6. The van der Waals surface area contributed by atoms with Gasteiger partial charge in [0.1, 0.15) is 17.6 Å². The Morgan fingerprint density at radius 1 is 1.36 bits per heavy atom. The molecule has 3 rings (SSSR count). The lowest BCUT2D eigenvalue weighted by atomic mass is 10.1. The van der Waals surface area contributed by atoms with E-state index in [0.29, 0.717) is 22.8 Å². The van der Waals surface area contributed by atoms with Gasteiger partial charge in [-0.2, -0.15) is 10.4 Å². The average Bonchev–Trinajstić information content (AvgIpc) is 3.31. The number of nitrogens with one attached hydrogen (secondary N) is 2. The zero-order chi connectivity index (χ0) is 20.3. The van der Waals surface area contributed by atoms with Crippen molar-refractivity contribution < 1.29 is 4.79 Å². The summed E-state index contributed by atoms with van der Waals surface area (Å²) in [6.07, 6.45) is 3.40.